The highest BCUT2D eigenvalue weighted by molar-refractivity contribution is 7.89. The Hall–Kier alpha value is -2.58. The Morgan fingerprint density at radius 3 is 2.21 bits per heavy atom. The molecule has 0 radical (unpaired) electrons. The molecule has 2 aromatic rings. The molecule has 7 nitrogen and oxygen atoms in total. The summed E-state index contributed by atoms with van der Waals surface area (Å²) in [5.41, 5.74) is 1.57. The normalized spacial score (nSPS) is 11.4. The summed E-state index contributed by atoms with van der Waals surface area (Å²) < 4.78 is 37.4. The second-order valence-electron chi connectivity index (χ2n) is 6.09. The standard InChI is InChI=1S/C20H26N2O5S/c1-6-22(7-2)28(24,25)16-10-11-18(26-4)17(13-16)21-20(23)15-9-8-14(3)19(12-15)27-5/h8-13H,6-7H2,1-5H3,(H,21,23). The molecule has 0 aliphatic heterocycles. The van der Waals surface area contributed by atoms with Crippen LogP contribution >= 0.6 is 0 Å². The minimum Gasteiger partial charge on any atom is -0.496 e. The first-order valence-electron chi connectivity index (χ1n) is 8.92. The van der Waals surface area contributed by atoms with Gasteiger partial charge in [-0.05, 0) is 42.8 Å². The first-order chi connectivity index (χ1) is 13.3. The van der Waals surface area contributed by atoms with Gasteiger partial charge in [0.15, 0.2) is 0 Å². The van der Waals surface area contributed by atoms with Gasteiger partial charge in [0, 0.05) is 18.7 Å². The number of rotatable bonds is 8. The molecule has 0 spiro atoms. The molecule has 0 atom stereocenters. The molecule has 8 heteroatoms. The molecular weight excluding hydrogens is 380 g/mol. The molecule has 0 unspecified atom stereocenters. The summed E-state index contributed by atoms with van der Waals surface area (Å²) in [5.74, 6) is 0.567. The average molecular weight is 407 g/mol. The molecule has 0 aliphatic carbocycles. The zero-order valence-corrected chi connectivity index (χ0v) is 17.6. The molecule has 152 valence electrons. The van der Waals surface area contributed by atoms with E-state index in [4.69, 9.17) is 9.47 Å². The third-order valence-electron chi connectivity index (χ3n) is 4.43. The molecule has 0 heterocycles. The number of anilines is 1. The van der Waals surface area contributed by atoms with Crippen molar-refractivity contribution in [1.29, 1.82) is 0 Å². The highest BCUT2D eigenvalue weighted by Crippen LogP contribution is 2.30. The van der Waals surface area contributed by atoms with E-state index < -0.39 is 15.9 Å². The van der Waals surface area contributed by atoms with Gasteiger partial charge in [0.25, 0.3) is 5.91 Å². The van der Waals surface area contributed by atoms with Gasteiger partial charge in [0.05, 0.1) is 24.8 Å². The van der Waals surface area contributed by atoms with Gasteiger partial charge in [-0.25, -0.2) is 8.42 Å². The van der Waals surface area contributed by atoms with Gasteiger partial charge in [0.1, 0.15) is 11.5 Å². The van der Waals surface area contributed by atoms with Crippen LogP contribution in [0.4, 0.5) is 5.69 Å². The van der Waals surface area contributed by atoms with Gasteiger partial charge < -0.3 is 14.8 Å². The van der Waals surface area contributed by atoms with E-state index in [1.807, 2.05) is 6.92 Å². The van der Waals surface area contributed by atoms with E-state index in [-0.39, 0.29) is 10.6 Å². The summed E-state index contributed by atoms with van der Waals surface area (Å²) in [6.07, 6.45) is 0. The van der Waals surface area contributed by atoms with Crippen LogP contribution in [0, 0.1) is 6.92 Å². The van der Waals surface area contributed by atoms with E-state index >= 15 is 0 Å². The Morgan fingerprint density at radius 1 is 1.00 bits per heavy atom. The third kappa shape index (κ3) is 4.45. The summed E-state index contributed by atoms with van der Waals surface area (Å²) in [4.78, 5) is 12.8. The first kappa shape index (κ1) is 21.7. The van der Waals surface area contributed by atoms with Crippen LogP contribution in [0.5, 0.6) is 11.5 Å². The number of nitrogens with one attached hydrogen (secondary N) is 1. The minimum absolute atomic E-state index is 0.0915. The Morgan fingerprint density at radius 2 is 1.64 bits per heavy atom. The molecule has 28 heavy (non-hydrogen) atoms. The van der Waals surface area contributed by atoms with E-state index in [1.165, 1.54) is 36.7 Å². The summed E-state index contributed by atoms with van der Waals surface area (Å²) in [5, 5.41) is 2.73. The van der Waals surface area contributed by atoms with Crippen LogP contribution < -0.4 is 14.8 Å². The molecule has 1 N–H and O–H groups in total. The Kier molecular flexibility index (Phi) is 7.04. The van der Waals surface area contributed by atoms with Crippen molar-refractivity contribution < 1.29 is 22.7 Å². The van der Waals surface area contributed by atoms with Crippen molar-refractivity contribution in [2.24, 2.45) is 0 Å². The second kappa shape index (κ2) is 9.07. The Bertz CT molecular complexity index is 953. The fraction of sp³-hybridized carbons (Fsp3) is 0.350. The molecule has 2 aromatic carbocycles. The van der Waals surface area contributed by atoms with Crippen LogP contribution in [-0.2, 0) is 10.0 Å². The van der Waals surface area contributed by atoms with Crippen LogP contribution in [0.1, 0.15) is 29.8 Å². The largest absolute Gasteiger partial charge is 0.496 e. The van der Waals surface area contributed by atoms with E-state index in [0.717, 1.165) is 5.56 Å². The number of hydrogen-bond acceptors (Lipinski definition) is 5. The number of hydrogen-bond donors (Lipinski definition) is 1. The Labute approximate surface area is 166 Å². The average Bonchev–Trinajstić information content (AvgIpc) is 2.68. The van der Waals surface area contributed by atoms with Crippen molar-refractivity contribution in [3.63, 3.8) is 0 Å². The number of benzene rings is 2. The van der Waals surface area contributed by atoms with Crippen LogP contribution in [-0.4, -0.2) is 45.9 Å². The second-order valence-corrected chi connectivity index (χ2v) is 8.03. The van der Waals surface area contributed by atoms with Gasteiger partial charge in [-0.1, -0.05) is 19.9 Å². The molecule has 0 bridgehead atoms. The summed E-state index contributed by atoms with van der Waals surface area (Å²) >= 11 is 0. The van der Waals surface area contributed by atoms with E-state index in [1.54, 1.807) is 32.0 Å². The first-order valence-corrected chi connectivity index (χ1v) is 10.4. The highest BCUT2D eigenvalue weighted by atomic mass is 32.2. The van der Waals surface area contributed by atoms with Crippen LogP contribution in [0.2, 0.25) is 0 Å². The number of nitrogens with zero attached hydrogens (tertiary/aromatic N) is 1. The lowest BCUT2D eigenvalue weighted by atomic mass is 10.1. The van der Waals surface area contributed by atoms with Crippen molar-refractivity contribution in [2.75, 3.05) is 32.6 Å². The lowest BCUT2D eigenvalue weighted by Gasteiger charge is -2.19. The van der Waals surface area contributed by atoms with Crippen molar-refractivity contribution in [1.82, 2.24) is 4.31 Å². The number of ether oxygens (including phenoxy) is 2. The van der Waals surface area contributed by atoms with E-state index in [2.05, 4.69) is 5.32 Å². The third-order valence-corrected chi connectivity index (χ3v) is 6.48. The summed E-state index contributed by atoms with van der Waals surface area (Å²) in [6.45, 7) is 6.15. The van der Waals surface area contributed by atoms with Crippen LogP contribution in [0.3, 0.4) is 0 Å². The maximum absolute atomic E-state index is 12.8. The van der Waals surface area contributed by atoms with Gasteiger partial charge in [-0.15, -0.1) is 0 Å². The van der Waals surface area contributed by atoms with Crippen molar-refractivity contribution in [3.05, 3.63) is 47.5 Å². The number of sulfonamides is 1. The molecule has 0 saturated heterocycles. The van der Waals surface area contributed by atoms with Crippen molar-refractivity contribution in [3.8, 4) is 11.5 Å². The van der Waals surface area contributed by atoms with Gasteiger partial charge in [-0.2, -0.15) is 4.31 Å². The molecule has 0 fully saturated rings. The topological polar surface area (TPSA) is 84.9 Å². The number of aryl methyl sites for hydroxylation is 1. The molecule has 0 aromatic heterocycles. The Balaban J connectivity index is 2.41. The van der Waals surface area contributed by atoms with Crippen LogP contribution in [0.15, 0.2) is 41.3 Å². The zero-order valence-electron chi connectivity index (χ0n) is 16.8. The fourth-order valence-electron chi connectivity index (χ4n) is 2.81. The van der Waals surface area contributed by atoms with Crippen molar-refractivity contribution in [2.45, 2.75) is 25.7 Å². The number of carbonyl (C=O) groups is 1. The predicted molar refractivity (Wildman–Crippen MR) is 109 cm³/mol. The number of amides is 1. The maximum atomic E-state index is 12.8. The van der Waals surface area contributed by atoms with E-state index in [9.17, 15) is 13.2 Å². The molecule has 1 amide bonds. The van der Waals surface area contributed by atoms with Gasteiger partial charge >= 0.3 is 0 Å². The minimum atomic E-state index is -3.66. The van der Waals surface area contributed by atoms with Gasteiger partial charge in [-0.3, -0.25) is 4.79 Å². The molecular formula is C20H26N2O5S. The lowest BCUT2D eigenvalue weighted by Crippen LogP contribution is -2.30. The van der Waals surface area contributed by atoms with E-state index in [0.29, 0.717) is 30.2 Å². The smallest absolute Gasteiger partial charge is 0.255 e. The molecule has 0 saturated carbocycles. The maximum Gasteiger partial charge on any atom is 0.255 e. The molecule has 2 rings (SSSR count). The quantitative estimate of drug-likeness (QED) is 0.727. The van der Waals surface area contributed by atoms with Crippen molar-refractivity contribution >= 4 is 21.6 Å². The molecule has 0 aliphatic rings. The lowest BCUT2D eigenvalue weighted by molar-refractivity contribution is 0.102. The fourth-order valence-corrected chi connectivity index (χ4v) is 4.30. The zero-order chi connectivity index (χ0) is 20.9. The monoisotopic (exact) mass is 406 g/mol. The highest BCUT2D eigenvalue weighted by Gasteiger charge is 2.23. The summed E-state index contributed by atoms with van der Waals surface area (Å²) in [6, 6.07) is 9.50. The number of carbonyl (C=O) groups excluding carboxylic acids is 1. The van der Waals surface area contributed by atoms with Gasteiger partial charge in [0.2, 0.25) is 10.0 Å². The summed E-state index contributed by atoms with van der Waals surface area (Å²) in [7, 11) is -0.666. The van der Waals surface area contributed by atoms with Crippen LogP contribution in [0.25, 0.3) is 0 Å². The predicted octanol–water partition coefficient (Wildman–Crippen LogP) is 3.30. The number of methoxy groups -OCH3 is 2. The SMILES string of the molecule is CCN(CC)S(=O)(=O)c1ccc(OC)c(NC(=O)c2ccc(C)c(OC)c2)c1.